The first-order valence-corrected chi connectivity index (χ1v) is 8.34. The fourth-order valence-corrected chi connectivity index (χ4v) is 3.16. The van der Waals surface area contributed by atoms with Gasteiger partial charge in [-0.05, 0) is 18.4 Å². The van der Waals surface area contributed by atoms with Gasteiger partial charge in [0.1, 0.15) is 5.52 Å². The maximum absolute atomic E-state index is 12.4. The quantitative estimate of drug-likeness (QED) is 0.791. The van der Waals surface area contributed by atoms with Crippen molar-refractivity contribution in [3.8, 4) is 0 Å². The predicted octanol–water partition coefficient (Wildman–Crippen LogP) is 1.61. The van der Waals surface area contributed by atoms with E-state index in [1.54, 1.807) is 4.40 Å². The van der Waals surface area contributed by atoms with Crippen molar-refractivity contribution in [2.24, 2.45) is 5.92 Å². The van der Waals surface area contributed by atoms with Crippen molar-refractivity contribution in [1.29, 1.82) is 0 Å². The van der Waals surface area contributed by atoms with Crippen LogP contribution in [0.2, 0.25) is 0 Å². The lowest BCUT2D eigenvalue weighted by atomic mass is 10.1. The highest BCUT2D eigenvalue weighted by Gasteiger charge is 2.15. The Balaban J connectivity index is 1.83. The summed E-state index contributed by atoms with van der Waals surface area (Å²) in [6.07, 6.45) is 4.50. The smallest absolute Gasteiger partial charge is 0.331 e. The molecular weight excluding hydrogens is 306 g/mol. The van der Waals surface area contributed by atoms with Gasteiger partial charge >= 0.3 is 5.69 Å². The second-order valence-corrected chi connectivity index (χ2v) is 6.64. The molecule has 1 saturated heterocycles. The Kier molecular flexibility index (Phi) is 3.72. The van der Waals surface area contributed by atoms with Gasteiger partial charge in [0.15, 0.2) is 5.65 Å². The molecule has 0 saturated carbocycles. The van der Waals surface area contributed by atoms with Crippen LogP contribution in [0, 0.1) is 5.92 Å². The van der Waals surface area contributed by atoms with Gasteiger partial charge in [0.2, 0.25) is 0 Å². The van der Waals surface area contributed by atoms with E-state index in [1.165, 1.54) is 0 Å². The van der Waals surface area contributed by atoms with E-state index in [9.17, 15) is 4.79 Å². The summed E-state index contributed by atoms with van der Waals surface area (Å²) >= 11 is 0. The van der Waals surface area contributed by atoms with Gasteiger partial charge in [0, 0.05) is 19.3 Å². The Hall–Kier alpha value is -2.41. The highest BCUT2D eigenvalue weighted by atomic mass is 16.5. The number of morpholine rings is 1. The Morgan fingerprint density at radius 3 is 2.88 bits per heavy atom. The average Bonchev–Trinajstić information content (AvgIpc) is 2.99. The van der Waals surface area contributed by atoms with Crippen molar-refractivity contribution in [2.75, 3.05) is 31.2 Å². The van der Waals surface area contributed by atoms with Crippen molar-refractivity contribution >= 4 is 22.4 Å². The highest BCUT2D eigenvalue weighted by Crippen LogP contribution is 2.21. The summed E-state index contributed by atoms with van der Waals surface area (Å²) in [4.78, 5) is 26.7. The Bertz CT molecular complexity index is 937. The molecule has 7 heteroatoms. The Morgan fingerprint density at radius 1 is 1.33 bits per heavy atom. The molecule has 3 aromatic heterocycles. The van der Waals surface area contributed by atoms with Crippen LogP contribution in [0.25, 0.3) is 16.7 Å². The van der Waals surface area contributed by atoms with Crippen molar-refractivity contribution in [1.82, 2.24) is 19.4 Å². The first kappa shape index (κ1) is 15.1. The fraction of sp³-hybridized carbons (Fsp3) is 0.471. The Morgan fingerprint density at radius 2 is 2.12 bits per heavy atom. The molecule has 1 aliphatic rings. The van der Waals surface area contributed by atoms with E-state index >= 15 is 0 Å². The summed E-state index contributed by atoms with van der Waals surface area (Å²) in [6, 6.07) is 1.98. The standard InChI is InChI=1S/C17H21N5O2/c1-11(2)7-12-10-22-16(19-12)15-14(20-17(22)23)8-13(9-18-15)21-3-5-24-6-4-21/h8-11H,3-7H2,1-2H3,(H,20,23). The number of aromatic amines is 1. The lowest BCUT2D eigenvalue weighted by molar-refractivity contribution is 0.122. The zero-order valence-electron chi connectivity index (χ0n) is 14.0. The van der Waals surface area contributed by atoms with Crippen LogP contribution in [0.4, 0.5) is 5.69 Å². The number of fused-ring (bicyclic) bond motifs is 3. The molecule has 1 N–H and O–H groups in total. The number of aromatic nitrogens is 4. The minimum Gasteiger partial charge on any atom is -0.378 e. The molecule has 0 aliphatic carbocycles. The third-order valence-electron chi connectivity index (χ3n) is 4.29. The molecule has 0 aromatic carbocycles. The third kappa shape index (κ3) is 2.65. The van der Waals surface area contributed by atoms with Crippen LogP contribution in [0.3, 0.4) is 0 Å². The van der Waals surface area contributed by atoms with Crippen LogP contribution < -0.4 is 10.6 Å². The van der Waals surface area contributed by atoms with E-state index in [0.717, 1.165) is 41.9 Å². The monoisotopic (exact) mass is 327 g/mol. The summed E-state index contributed by atoms with van der Waals surface area (Å²) < 4.78 is 6.94. The van der Waals surface area contributed by atoms with Crippen LogP contribution in [0.15, 0.2) is 23.3 Å². The third-order valence-corrected chi connectivity index (χ3v) is 4.29. The molecule has 0 spiro atoms. The van der Waals surface area contributed by atoms with Gasteiger partial charge < -0.3 is 14.6 Å². The zero-order chi connectivity index (χ0) is 16.7. The van der Waals surface area contributed by atoms with Gasteiger partial charge in [-0.15, -0.1) is 0 Å². The van der Waals surface area contributed by atoms with Gasteiger partial charge in [-0.1, -0.05) is 13.8 Å². The van der Waals surface area contributed by atoms with Crippen molar-refractivity contribution in [3.63, 3.8) is 0 Å². The SMILES string of the molecule is CC(C)Cc1cn2c(=O)[nH]c3cc(N4CCOCC4)cnc3c2n1. The van der Waals surface area contributed by atoms with Crippen LogP contribution in [0.1, 0.15) is 19.5 Å². The molecular formula is C17H21N5O2. The molecule has 0 bridgehead atoms. The average molecular weight is 327 g/mol. The van der Waals surface area contributed by atoms with E-state index in [4.69, 9.17) is 4.74 Å². The van der Waals surface area contributed by atoms with E-state index in [2.05, 4.69) is 33.7 Å². The van der Waals surface area contributed by atoms with Crippen LogP contribution >= 0.6 is 0 Å². The summed E-state index contributed by atoms with van der Waals surface area (Å²) in [5.41, 5.74) is 3.81. The van der Waals surface area contributed by atoms with Gasteiger partial charge in [0.25, 0.3) is 0 Å². The molecule has 0 amide bonds. The number of hydrogen-bond acceptors (Lipinski definition) is 5. The summed E-state index contributed by atoms with van der Waals surface area (Å²) in [5, 5.41) is 0. The number of nitrogens with zero attached hydrogens (tertiary/aromatic N) is 4. The fourth-order valence-electron chi connectivity index (χ4n) is 3.16. The van der Waals surface area contributed by atoms with Crippen LogP contribution in [-0.2, 0) is 11.2 Å². The molecule has 1 fully saturated rings. The normalized spacial score (nSPS) is 15.7. The van der Waals surface area contributed by atoms with Crippen molar-refractivity contribution < 1.29 is 4.74 Å². The summed E-state index contributed by atoms with van der Waals surface area (Å²) in [7, 11) is 0. The van der Waals surface area contributed by atoms with Crippen molar-refractivity contribution in [2.45, 2.75) is 20.3 Å². The second-order valence-electron chi connectivity index (χ2n) is 6.64. The van der Waals surface area contributed by atoms with E-state index in [1.807, 2.05) is 18.5 Å². The minimum atomic E-state index is -0.180. The number of anilines is 1. The predicted molar refractivity (Wildman–Crippen MR) is 92.7 cm³/mol. The topological polar surface area (TPSA) is 75.5 Å². The number of nitrogens with one attached hydrogen (secondary N) is 1. The molecule has 0 atom stereocenters. The maximum Gasteiger partial charge on any atom is 0.331 e. The second kappa shape index (κ2) is 5.90. The molecule has 126 valence electrons. The first-order valence-electron chi connectivity index (χ1n) is 8.34. The lowest BCUT2D eigenvalue weighted by Gasteiger charge is -2.28. The number of hydrogen-bond donors (Lipinski definition) is 1. The summed E-state index contributed by atoms with van der Waals surface area (Å²) in [5.74, 6) is 0.487. The van der Waals surface area contributed by atoms with Crippen molar-refractivity contribution in [3.05, 3.63) is 34.6 Å². The minimum absolute atomic E-state index is 0.180. The molecule has 4 rings (SSSR count). The van der Waals surface area contributed by atoms with Crippen LogP contribution in [-0.4, -0.2) is 45.7 Å². The van der Waals surface area contributed by atoms with E-state index < -0.39 is 0 Å². The maximum atomic E-state index is 12.4. The number of imidazole rings is 1. The largest absolute Gasteiger partial charge is 0.378 e. The van der Waals surface area contributed by atoms with Crippen LogP contribution in [0.5, 0.6) is 0 Å². The van der Waals surface area contributed by atoms with Gasteiger partial charge in [0.05, 0.1) is 36.3 Å². The first-order chi connectivity index (χ1) is 11.6. The van der Waals surface area contributed by atoms with Gasteiger partial charge in [-0.25, -0.2) is 19.2 Å². The zero-order valence-corrected chi connectivity index (χ0v) is 14.0. The van der Waals surface area contributed by atoms with E-state index in [-0.39, 0.29) is 5.69 Å². The Labute approximate surface area is 139 Å². The lowest BCUT2D eigenvalue weighted by Crippen LogP contribution is -2.36. The number of H-pyrrole nitrogens is 1. The molecule has 4 heterocycles. The van der Waals surface area contributed by atoms with Gasteiger partial charge in [-0.2, -0.15) is 0 Å². The highest BCUT2D eigenvalue weighted by molar-refractivity contribution is 5.89. The number of rotatable bonds is 3. The molecule has 3 aromatic rings. The van der Waals surface area contributed by atoms with E-state index in [0.29, 0.717) is 24.8 Å². The molecule has 7 nitrogen and oxygen atoms in total. The number of ether oxygens (including phenoxy) is 1. The van der Waals surface area contributed by atoms with Gasteiger partial charge in [-0.3, -0.25) is 0 Å². The number of pyridine rings is 1. The molecule has 0 radical (unpaired) electrons. The molecule has 24 heavy (non-hydrogen) atoms. The summed E-state index contributed by atoms with van der Waals surface area (Å²) in [6.45, 7) is 7.38. The molecule has 1 aliphatic heterocycles. The molecule has 0 unspecified atom stereocenters.